The van der Waals surface area contributed by atoms with Crippen LogP contribution in [-0.4, -0.2) is 5.60 Å². The quantitative estimate of drug-likeness (QED) is 0.169. The molecular weight excluding hydrogens is 572 g/mol. The lowest BCUT2D eigenvalue weighted by molar-refractivity contribution is 0.131. The van der Waals surface area contributed by atoms with E-state index in [1.165, 1.54) is 16.7 Å². The van der Waals surface area contributed by atoms with Crippen molar-refractivity contribution < 1.29 is 4.74 Å². The molecule has 0 heterocycles. The Balaban J connectivity index is 1.28. The molecule has 0 aliphatic rings. The predicted molar refractivity (Wildman–Crippen MR) is 200 cm³/mol. The Bertz CT molecular complexity index is 1870. The van der Waals surface area contributed by atoms with E-state index in [0.717, 1.165) is 39.9 Å². The summed E-state index contributed by atoms with van der Waals surface area (Å²) in [7, 11) is 0. The molecular formula is C44H44N2O. The van der Waals surface area contributed by atoms with E-state index in [-0.39, 0.29) is 11.0 Å². The number of ether oxygens (including phenoxy) is 1. The van der Waals surface area contributed by atoms with E-state index >= 15 is 0 Å². The molecule has 0 aromatic heterocycles. The van der Waals surface area contributed by atoms with Crippen LogP contribution >= 0.6 is 0 Å². The summed E-state index contributed by atoms with van der Waals surface area (Å²) < 4.78 is 6.08. The summed E-state index contributed by atoms with van der Waals surface area (Å²) in [6.45, 7) is 13.0. The Morgan fingerprint density at radius 2 is 0.681 bits per heavy atom. The van der Waals surface area contributed by atoms with Crippen molar-refractivity contribution in [3.05, 3.63) is 163 Å². The second-order valence-corrected chi connectivity index (χ2v) is 13.9. The van der Waals surface area contributed by atoms with Gasteiger partial charge in [-0.2, -0.15) is 0 Å². The number of hydrogen-bond acceptors (Lipinski definition) is 3. The monoisotopic (exact) mass is 616 g/mol. The Labute approximate surface area is 280 Å². The fourth-order valence-corrected chi connectivity index (χ4v) is 5.78. The summed E-state index contributed by atoms with van der Waals surface area (Å²) in [5.41, 5.74) is 10.2. The van der Waals surface area contributed by atoms with Crippen LogP contribution in [0, 0.1) is 0 Å². The minimum Gasteiger partial charge on any atom is -0.488 e. The first kappa shape index (κ1) is 31.7. The van der Waals surface area contributed by atoms with E-state index in [2.05, 4.69) is 197 Å². The summed E-state index contributed by atoms with van der Waals surface area (Å²) in [4.78, 5) is 4.59. The molecule has 0 radical (unpaired) electrons. The molecule has 0 N–H and O–H groups in total. The van der Waals surface area contributed by atoms with E-state index in [1.807, 2.05) is 12.1 Å². The lowest BCUT2D eigenvalue weighted by atomic mass is 9.87. The molecule has 6 aromatic carbocycles. The molecule has 0 unspecified atom stereocenters. The first-order chi connectivity index (χ1) is 22.5. The van der Waals surface area contributed by atoms with Crippen molar-refractivity contribution >= 4 is 34.1 Å². The van der Waals surface area contributed by atoms with Gasteiger partial charge < -0.3 is 14.5 Å². The number of benzene rings is 6. The third-order valence-corrected chi connectivity index (χ3v) is 8.12. The average Bonchev–Trinajstić information content (AvgIpc) is 3.07. The maximum Gasteiger partial charge on any atom is 0.120 e. The van der Waals surface area contributed by atoms with Gasteiger partial charge in [-0.15, -0.1) is 0 Å². The molecule has 0 fully saturated rings. The number of para-hydroxylation sites is 2. The molecule has 6 rings (SSSR count). The van der Waals surface area contributed by atoms with Crippen molar-refractivity contribution in [1.29, 1.82) is 0 Å². The molecule has 3 heteroatoms. The highest BCUT2D eigenvalue weighted by Crippen LogP contribution is 2.39. The number of rotatable bonds is 8. The van der Waals surface area contributed by atoms with Crippen LogP contribution in [0.1, 0.15) is 47.1 Å². The van der Waals surface area contributed by atoms with Crippen LogP contribution in [-0.2, 0) is 5.41 Å². The van der Waals surface area contributed by atoms with Crippen LogP contribution in [0.2, 0.25) is 0 Å². The highest BCUT2D eigenvalue weighted by Gasteiger charge is 2.18. The van der Waals surface area contributed by atoms with Gasteiger partial charge in [0.15, 0.2) is 0 Å². The number of hydrogen-bond donors (Lipinski definition) is 0. The highest BCUT2D eigenvalue weighted by atomic mass is 16.5. The van der Waals surface area contributed by atoms with Gasteiger partial charge in [-0.3, -0.25) is 0 Å². The lowest BCUT2D eigenvalue weighted by Gasteiger charge is -2.27. The molecule has 0 aliphatic carbocycles. The SMILES string of the molecule is CC(C)(C)Oc1ccc(N(c2ccccc2)c2ccc(-c3ccc(N(c4ccccc4)c4ccc(C(C)(C)C)cc4)cc3)cc2)cc1. The maximum atomic E-state index is 6.08. The van der Waals surface area contributed by atoms with Crippen LogP contribution in [0.4, 0.5) is 34.1 Å². The normalized spacial score (nSPS) is 11.6. The predicted octanol–water partition coefficient (Wildman–Crippen LogP) is 12.8. The topological polar surface area (TPSA) is 15.7 Å². The van der Waals surface area contributed by atoms with Crippen molar-refractivity contribution in [2.75, 3.05) is 9.80 Å². The molecule has 0 bridgehead atoms. The number of anilines is 6. The van der Waals surface area contributed by atoms with E-state index in [0.29, 0.717) is 0 Å². The molecule has 0 amide bonds. The Morgan fingerprint density at radius 3 is 1.02 bits per heavy atom. The molecule has 0 saturated carbocycles. The fourth-order valence-electron chi connectivity index (χ4n) is 5.78. The zero-order chi connectivity index (χ0) is 33.0. The third-order valence-electron chi connectivity index (χ3n) is 8.12. The molecule has 236 valence electrons. The largest absolute Gasteiger partial charge is 0.488 e. The highest BCUT2D eigenvalue weighted by molar-refractivity contribution is 5.80. The van der Waals surface area contributed by atoms with Gasteiger partial charge in [0, 0.05) is 34.1 Å². The second kappa shape index (κ2) is 13.2. The Kier molecular flexibility index (Phi) is 8.91. The van der Waals surface area contributed by atoms with Crippen LogP contribution in [0.3, 0.4) is 0 Å². The summed E-state index contributed by atoms with van der Waals surface area (Å²) >= 11 is 0. The molecule has 47 heavy (non-hydrogen) atoms. The van der Waals surface area contributed by atoms with Gasteiger partial charge in [-0.05, 0) is 128 Å². The van der Waals surface area contributed by atoms with Gasteiger partial charge in [-0.25, -0.2) is 0 Å². The average molecular weight is 617 g/mol. The van der Waals surface area contributed by atoms with Gasteiger partial charge in [0.2, 0.25) is 0 Å². The fraction of sp³-hybridized carbons (Fsp3) is 0.182. The summed E-state index contributed by atoms with van der Waals surface area (Å²) in [5, 5.41) is 0. The molecule has 0 saturated heterocycles. The molecule has 0 atom stereocenters. The van der Waals surface area contributed by atoms with Gasteiger partial charge in [0.05, 0.1) is 0 Å². The van der Waals surface area contributed by atoms with Crippen LogP contribution < -0.4 is 14.5 Å². The summed E-state index contributed by atoms with van der Waals surface area (Å²) in [5.74, 6) is 0.862. The molecule has 0 aliphatic heterocycles. The minimum atomic E-state index is -0.244. The van der Waals surface area contributed by atoms with Gasteiger partial charge in [0.1, 0.15) is 11.4 Å². The standard InChI is InChI=1S/C44H44N2O/c1-43(2,3)35-21-27-40(28-22-35)45(36-13-9-7-10-14-36)38-23-17-33(18-24-38)34-19-25-39(26-20-34)46(37-15-11-8-12-16-37)41-29-31-42(32-30-41)47-44(4,5)6/h7-32H,1-6H3. The van der Waals surface area contributed by atoms with E-state index in [4.69, 9.17) is 4.74 Å². The van der Waals surface area contributed by atoms with Gasteiger partial charge in [0.25, 0.3) is 0 Å². The maximum absolute atomic E-state index is 6.08. The third kappa shape index (κ3) is 7.58. The zero-order valence-corrected chi connectivity index (χ0v) is 28.3. The first-order valence-corrected chi connectivity index (χ1v) is 16.4. The zero-order valence-electron chi connectivity index (χ0n) is 28.3. The first-order valence-electron chi connectivity index (χ1n) is 16.4. The molecule has 0 spiro atoms. The van der Waals surface area contributed by atoms with E-state index in [1.54, 1.807) is 0 Å². The van der Waals surface area contributed by atoms with Crippen molar-refractivity contribution in [2.24, 2.45) is 0 Å². The van der Waals surface area contributed by atoms with Crippen molar-refractivity contribution in [2.45, 2.75) is 52.6 Å². The summed E-state index contributed by atoms with van der Waals surface area (Å²) in [6.07, 6.45) is 0. The minimum absolute atomic E-state index is 0.108. The molecule has 3 nitrogen and oxygen atoms in total. The Morgan fingerprint density at radius 1 is 0.362 bits per heavy atom. The summed E-state index contributed by atoms with van der Waals surface area (Å²) in [6, 6.07) is 56.0. The van der Waals surface area contributed by atoms with Crippen LogP contribution in [0.5, 0.6) is 5.75 Å². The second-order valence-electron chi connectivity index (χ2n) is 13.9. The molecule has 6 aromatic rings. The van der Waals surface area contributed by atoms with Crippen LogP contribution in [0.15, 0.2) is 158 Å². The van der Waals surface area contributed by atoms with Crippen LogP contribution in [0.25, 0.3) is 11.1 Å². The smallest absolute Gasteiger partial charge is 0.120 e. The Hall–Kier alpha value is -5.28. The van der Waals surface area contributed by atoms with Crippen molar-refractivity contribution in [3.8, 4) is 16.9 Å². The van der Waals surface area contributed by atoms with Gasteiger partial charge in [-0.1, -0.05) is 93.6 Å². The van der Waals surface area contributed by atoms with Crippen molar-refractivity contribution in [3.63, 3.8) is 0 Å². The number of nitrogens with zero attached hydrogens (tertiary/aromatic N) is 2. The van der Waals surface area contributed by atoms with E-state index < -0.39 is 0 Å². The lowest BCUT2D eigenvalue weighted by Crippen LogP contribution is -2.22. The van der Waals surface area contributed by atoms with Crippen molar-refractivity contribution in [1.82, 2.24) is 0 Å². The van der Waals surface area contributed by atoms with E-state index in [9.17, 15) is 0 Å². The van der Waals surface area contributed by atoms with Gasteiger partial charge >= 0.3 is 0 Å².